The van der Waals surface area contributed by atoms with Crippen LogP contribution in [0.1, 0.15) is 12.8 Å². The van der Waals surface area contributed by atoms with Crippen molar-refractivity contribution in [3.63, 3.8) is 0 Å². The molecule has 0 aromatic carbocycles. The van der Waals surface area contributed by atoms with E-state index in [-0.39, 0.29) is 0 Å². The minimum absolute atomic E-state index is 0.426. The Morgan fingerprint density at radius 3 is 2.13 bits per heavy atom. The van der Waals surface area contributed by atoms with E-state index < -0.39 is 0 Å². The molecule has 0 aromatic heterocycles. The van der Waals surface area contributed by atoms with Crippen LogP contribution in [0.5, 0.6) is 0 Å². The predicted octanol–water partition coefficient (Wildman–Crippen LogP) is 0.252. The van der Waals surface area contributed by atoms with Gasteiger partial charge in [-0.3, -0.25) is 0 Å². The standard InChI is InChI=1S/C12H22N2O/c15-9-12-10-7-14(8-11(10)12)6-5-13-3-1-2-4-13/h10-12,15H,1-9H2. The highest BCUT2D eigenvalue weighted by Crippen LogP contribution is 2.51. The number of fused-ring (bicyclic) bond motifs is 1. The van der Waals surface area contributed by atoms with Crippen LogP contribution >= 0.6 is 0 Å². The molecule has 0 bridgehead atoms. The van der Waals surface area contributed by atoms with Gasteiger partial charge in [0, 0.05) is 32.8 Å². The average molecular weight is 210 g/mol. The largest absolute Gasteiger partial charge is 0.396 e. The molecular weight excluding hydrogens is 188 g/mol. The molecule has 0 radical (unpaired) electrons. The molecule has 3 aliphatic rings. The van der Waals surface area contributed by atoms with Gasteiger partial charge in [0.2, 0.25) is 0 Å². The summed E-state index contributed by atoms with van der Waals surface area (Å²) in [4.78, 5) is 5.19. The van der Waals surface area contributed by atoms with E-state index in [4.69, 9.17) is 5.11 Å². The van der Waals surface area contributed by atoms with E-state index in [9.17, 15) is 0 Å². The fraction of sp³-hybridized carbons (Fsp3) is 1.00. The second-order valence-electron chi connectivity index (χ2n) is 5.48. The van der Waals surface area contributed by atoms with Gasteiger partial charge in [-0.15, -0.1) is 0 Å². The number of hydrogen-bond donors (Lipinski definition) is 1. The minimum Gasteiger partial charge on any atom is -0.396 e. The second-order valence-corrected chi connectivity index (χ2v) is 5.48. The van der Waals surface area contributed by atoms with Gasteiger partial charge in [0.25, 0.3) is 0 Å². The van der Waals surface area contributed by atoms with Gasteiger partial charge < -0.3 is 14.9 Å². The summed E-state index contributed by atoms with van der Waals surface area (Å²) in [7, 11) is 0. The van der Waals surface area contributed by atoms with Crippen LogP contribution in [0.4, 0.5) is 0 Å². The van der Waals surface area contributed by atoms with Gasteiger partial charge in [-0.25, -0.2) is 0 Å². The quantitative estimate of drug-likeness (QED) is 0.720. The maximum Gasteiger partial charge on any atom is 0.0465 e. The Hall–Kier alpha value is -0.120. The van der Waals surface area contributed by atoms with Gasteiger partial charge in [0.05, 0.1) is 0 Å². The summed E-state index contributed by atoms with van der Waals surface area (Å²) in [6.45, 7) is 8.09. The Balaban J connectivity index is 1.37. The summed E-state index contributed by atoms with van der Waals surface area (Å²) < 4.78 is 0. The van der Waals surface area contributed by atoms with Gasteiger partial charge in [-0.2, -0.15) is 0 Å². The highest BCUT2D eigenvalue weighted by atomic mass is 16.3. The normalized spacial score (nSPS) is 41.0. The molecule has 2 aliphatic heterocycles. The van der Waals surface area contributed by atoms with E-state index in [0.29, 0.717) is 12.5 Å². The molecule has 3 fully saturated rings. The summed E-state index contributed by atoms with van der Waals surface area (Å²) in [6, 6.07) is 0. The molecule has 0 aromatic rings. The van der Waals surface area contributed by atoms with Gasteiger partial charge >= 0.3 is 0 Å². The van der Waals surface area contributed by atoms with Crippen LogP contribution in [0.2, 0.25) is 0 Å². The van der Waals surface area contributed by atoms with Crippen LogP contribution in [-0.2, 0) is 0 Å². The zero-order valence-electron chi connectivity index (χ0n) is 9.44. The first kappa shape index (κ1) is 10.1. The minimum atomic E-state index is 0.426. The van der Waals surface area contributed by atoms with Crippen molar-refractivity contribution in [1.29, 1.82) is 0 Å². The van der Waals surface area contributed by atoms with Crippen LogP contribution in [0.15, 0.2) is 0 Å². The summed E-state index contributed by atoms with van der Waals surface area (Å²) in [5.74, 6) is 2.34. The number of aliphatic hydroxyl groups excluding tert-OH is 1. The Labute approximate surface area is 92.1 Å². The Morgan fingerprint density at radius 2 is 1.53 bits per heavy atom. The predicted molar refractivity (Wildman–Crippen MR) is 59.7 cm³/mol. The van der Waals surface area contributed by atoms with Crippen molar-refractivity contribution in [2.45, 2.75) is 12.8 Å². The number of nitrogens with zero attached hydrogens (tertiary/aromatic N) is 2. The third kappa shape index (κ3) is 1.93. The average Bonchev–Trinajstić information content (AvgIpc) is 2.72. The highest BCUT2D eigenvalue weighted by Gasteiger charge is 2.54. The molecule has 3 nitrogen and oxygen atoms in total. The molecule has 0 amide bonds. The number of aliphatic hydroxyl groups is 1. The molecule has 1 N–H and O–H groups in total. The van der Waals surface area contributed by atoms with E-state index in [1.54, 1.807) is 0 Å². The van der Waals surface area contributed by atoms with Crippen molar-refractivity contribution in [3.05, 3.63) is 0 Å². The number of hydrogen-bond acceptors (Lipinski definition) is 3. The lowest BCUT2D eigenvalue weighted by molar-refractivity contribution is 0.203. The van der Waals surface area contributed by atoms with Gasteiger partial charge in [-0.05, 0) is 43.7 Å². The smallest absolute Gasteiger partial charge is 0.0465 e. The molecule has 86 valence electrons. The maximum absolute atomic E-state index is 9.07. The SMILES string of the molecule is OCC1C2CN(CCN3CCCC3)CC12. The fourth-order valence-corrected chi connectivity index (χ4v) is 3.48. The van der Waals surface area contributed by atoms with E-state index in [1.165, 1.54) is 52.1 Å². The summed E-state index contributed by atoms with van der Waals surface area (Å²) >= 11 is 0. The third-order valence-corrected chi connectivity index (χ3v) is 4.59. The highest BCUT2D eigenvalue weighted by molar-refractivity contribution is 5.04. The van der Waals surface area contributed by atoms with Crippen molar-refractivity contribution in [2.75, 3.05) is 45.9 Å². The fourth-order valence-electron chi connectivity index (χ4n) is 3.48. The van der Waals surface area contributed by atoms with Crippen molar-refractivity contribution < 1.29 is 5.11 Å². The van der Waals surface area contributed by atoms with Gasteiger partial charge in [-0.1, -0.05) is 0 Å². The lowest BCUT2D eigenvalue weighted by atomic mass is 10.3. The van der Waals surface area contributed by atoms with Gasteiger partial charge in [0.1, 0.15) is 0 Å². The lowest BCUT2D eigenvalue weighted by Gasteiger charge is -2.22. The number of rotatable bonds is 4. The van der Waals surface area contributed by atoms with E-state index in [0.717, 1.165) is 11.8 Å². The maximum atomic E-state index is 9.07. The van der Waals surface area contributed by atoms with E-state index in [1.807, 2.05) is 0 Å². The van der Waals surface area contributed by atoms with Crippen LogP contribution in [0.25, 0.3) is 0 Å². The van der Waals surface area contributed by atoms with Crippen LogP contribution in [-0.4, -0.2) is 60.8 Å². The molecule has 2 saturated heterocycles. The third-order valence-electron chi connectivity index (χ3n) is 4.59. The molecule has 15 heavy (non-hydrogen) atoms. The van der Waals surface area contributed by atoms with Crippen molar-refractivity contribution >= 4 is 0 Å². The monoisotopic (exact) mass is 210 g/mol. The first-order valence-electron chi connectivity index (χ1n) is 6.44. The van der Waals surface area contributed by atoms with Crippen LogP contribution in [0.3, 0.4) is 0 Å². The van der Waals surface area contributed by atoms with Gasteiger partial charge in [0.15, 0.2) is 0 Å². The summed E-state index contributed by atoms with van der Waals surface area (Å²) in [6.07, 6.45) is 2.80. The first-order valence-corrected chi connectivity index (χ1v) is 6.44. The van der Waals surface area contributed by atoms with Crippen molar-refractivity contribution in [3.8, 4) is 0 Å². The zero-order valence-corrected chi connectivity index (χ0v) is 9.44. The molecule has 2 heterocycles. The molecule has 2 atom stereocenters. The molecule has 3 heteroatoms. The number of piperidine rings is 1. The van der Waals surface area contributed by atoms with Crippen molar-refractivity contribution in [2.24, 2.45) is 17.8 Å². The molecular formula is C12H22N2O. The Kier molecular flexibility index (Phi) is 2.71. The van der Waals surface area contributed by atoms with Crippen LogP contribution in [0, 0.1) is 17.8 Å². The van der Waals surface area contributed by atoms with E-state index >= 15 is 0 Å². The zero-order chi connectivity index (χ0) is 10.3. The molecule has 1 aliphatic carbocycles. The molecule has 3 rings (SSSR count). The number of likely N-dealkylation sites (tertiary alicyclic amines) is 2. The Bertz CT molecular complexity index is 216. The molecule has 2 unspecified atom stereocenters. The molecule has 0 spiro atoms. The lowest BCUT2D eigenvalue weighted by Crippen LogP contribution is -2.34. The van der Waals surface area contributed by atoms with Crippen molar-refractivity contribution in [1.82, 2.24) is 9.80 Å². The second kappa shape index (κ2) is 4.04. The summed E-state index contributed by atoms with van der Waals surface area (Å²) in [5.41, 5.74) is 0. The topological polar surface area (TPSA) is 26.7 Å². The molecule has 1 saturated carbocycles. The summed E-state index contributed by atoms with van der Waals surface area (Å²) in [5, 5.41) is 9.07. The van der Waals surface area contributed by atoms with E-state index in [2.05, 4.69) is 9.80 Å². The Morgan fingerprint density at radius 1 is 0.933 bits per heavy atom. The van der Waals surface area contributed by atoms with Crippen LogP contribution < -0.4 is 0 Å². The first-order chi connectivity index (χ1) is 7.38.